The highest BCUT2D eigenvalue weighted by molar-refractivity contribution is 5.95. The van der Waals surface area contributed by atoms with Gasteiger partial charge >= 0.3 is 0 Å². The van der Waals surface area contributed by atoms with E-state index in [-0.39, 0.29) is 5.78 Å². The number of hydrogen-bond donors (Lipinski definition) is 0. The van der Waals surface area contributed by atoms with E-state index in [0.717, 1.165) is 24.7 Å². The van der Waals surface area contributed by atoms with Crippen LogP contribution in [0.25, 0.3) is 0 Å². The van der Waals surface area contributed by atoms with Gasteiger partial charge in [0.05, 0.1) is 0 Å². The largest absolute Gasteiger partial charge is 0.303 e. The first kappa shape index (κ1) is 15.2. The van der Waals surface area contributed by atoms with Gasteiger partial charge in [-0.2, -0.15) is 0 Å². The highest BCUT2D eigenvalue weighted by Crippen LogP contribution is 2.13. The van der Waals surface area contributed by atoms with Crippen molar-refractivity contribution in [3.63, 3.8) is 0 Å². The molecule has 0 atom stereocenters. The van der Waals surface area contributed by atoms with Gasteiger partial charge in [-0.3, -0.25) is 4.79 Å². The second-order valence-corrected chi connectivity index (χ2v) is 5.17. The fourth-order valence-electron chi connectivity index (χ4n) is 2.30. The average Bonchev–Trinajstić information content (AvgIpc) is 2.54. The van der Waals surface area contributed by atoms with E-state index in [1.807, 2.05) is 31.2 Å². The van der Waals surface area contributed by atoms with Gasteiger partial charge in [0.2, 0.25) is 0 Å². The molecule has 0 radical (unpaired) electrons. The van der Waals surface area contributed by atoms with Crippen LogP contribution >= 0.6 is 0 Å². The summed E-state index contributed by atoms with van der Waals surface area (Å²) in [4.78, 5) is 21.9. The fraction of sp³-hybridized carbons (Fsp3) is 0.263. The van der Waals surface area contributed by atoms with Gasteiger partial charge in [0.1, 0.15) is 6.29 Å². The Morgan fingerprint density at radius 3 is 1.95 bits per heavy atom. The predicted molar refractivity (Wildman–Crippen MR) is 84.7 cm³/mol. The van der Waals surface area contributed by atoms with E-state index in [2.05, 4.69) is 24.3 Å². The number of aldehydes is 1. The van der Waals surface area contributed by atoms with Crippen LogP contribution in [0.3, 0.4) is 0 Å². The molecular weight excluding hydrogens is 260 g/mol. The minimum atomic E-state index is 0.182. The van der Waals surface area contributed by atoms with Crippen LogP contribution in [0.5, 0.6) is 0 Å². The molecule has 0 aliphatic carbocycles. The van der Waals surface area contributed by atoms with Crippen LogP contribution in [0.1, 0.15) is 46.8 Å². The van der Waals surface area contributed by atoms with E-state index in [1.54, 1.807) is 0 Å². The summed E-state index contributed by atoms with van der Waals surface area (Å²) in [7, 11) is 0. The normalized spacial score (nSPS) is 10.3. The lowest BCUT2D eigenvalue weighted by atomic mass is 10.00. The fourth-order valence-corrected chi connectivity index (χ4v) is 2.30. The smallest absolute Gasteiger partial charge is 0.162 e. The molecule has 0 N–H and O–H groups in total. The molecule has 108 valence electrons. The van der Waals surface area contributed by atoms with Crippen molar-refractivity contribution in [3.05, 3.63) is 70.8 Å². The lowest BCUT2D eigenvalue weighted by Crippen LogP contribution is -1.97. The van der Waals surface area contributed by atoms with Gasteiger partial charge in [-0.05, 0) is 29.5 Å². The van der Waals surface area contributed by atoms with E-state index >= 15 is 0 Å². The number of ketones is 1. The number of rotatable bonds is 7. The number of aryl methyl sites for hydroxylation is 1. The number of carbonyl (C=O) groups is 2. The second-order valence-electron chi connectivity index (χ2n) is 5.17. The van der Waals surface area contributed by atoms with Crippen molar-refractivity contribution in [2.75, 3.05) is 0 Å². The molecule has 2 nitrogen and oxygen atoms in total. The molecule has 2 rings (SSSR count). The van der Waals surface area contributed by atoms with Crippen LogP contribution in [0.15, 0.2) is 48.5 Å². The zero-order valence-corrected chi connectivity index (χ0v) is 12.3. The van der Waals surface area contributed by atoms with E-state index in [0.29, 0.717) is 12.8 Å². The third kappa shape index (κ3) is 4.38. The first-order chi connectivity index (χ1) is 10.2. The summed E-state index contributed by atoms with van der Waals surface area (Å²) in [6.45, 7) is 1.88. The Hall–Kier alpha value is -2.22. The van der Waals surface area contributed by atoms with Crippen molar-refractivity contribution >= 4 is 12.1 Å². The Balaban J connectivity index is 2.01. The summed E-state index contributed by atoms with van der Waals surface area (Å²) < 4.78 is 0. The number of Topliss-reactive ketones (excluding diaryl/α,β-unsaturated/α-hetero) is 1. The molecule has 0 fully saturated rings. The number of benzene rings is 2. The highest BCUT2D eigenvalue weighted by Gasteiger charge is 2.03. The highest BCUT2D eigenvalue weighted by atomic mass is 16.1. The monoisotopic (exact) mass is 280 g/mol. The van der Waals surface area contributed by atoms with Crippen molar-refractivity contribution in [1.29, 1.82) is 0 Å². The molecule has 0 unspecified atom stereocenters. The van der Waals surface area contributed by atoms with Crippen LogP contribution in [-0.4, -0.2) is 12.1 Å². The molecule has 0 saturated carbocycles. The van der Waals surface area contributed by atoms with E-state index < -0.39 is 0 Å². The van der Waals surface area contributed by atoms with E-state index in [1.165, 1.54) is 16.7 Å². The molecule has 0 saturated heterocycles. The van der Waals surface area contributed by atoms with Crippen LogP contribution in [0.4, 0.5) is 0 Å². The van der Waals surface area contributed by atoms with E-state index in [4.69, 9.17) is 0 Å². The average molecular weight is 280 g/mol. The van der Waals surface area contributed by atoms with Crippen molar-refractivity contribution in [2.24, 2.45) is 0 Å². The molecule has 0 aromatic heterocycles. The minimum Gasteiger partial charge on any atom is -0.303 e. The first-order valence-electron chi connectivity index (χ1n) is 7.36. The van der Waals surface area contributed by atoms with E-state index in [9.17, 15) is 9.59 Å². The Morgan fingerprint density at radius 2 is 1.43 bits per heavy atom. The third-order valence-corrected chi connectivity index (χ3v) is 3.58. The number of hydrogen-bond acceptors (Lipinski definition) is 2. The zero-order valence-electron chi connectivity index (χ0n) is 12.3. The molecule has 0 heterocycles. The lowest BCUT2D eigenvalue weighted by molar-refractivity contribution is -0.107. The van der Waals surface area contributed by atoms with Crippen molar-refractivity contribution in [1.82, 2.24) is 0 Å². The zero-order chi connectivity index (χ0) is 15.1. The Kier molecular flexibility index (Phi) is 5.44. The van der Waals surface area contributed by atoms with Crippen LogP contribution in [-0.2, 0) is 17.6 Å². The maximum absolute atomic E-state index is 11.6. The molecule has 2 aromatic carbocycles. The molecule has 0 spiro atoms. The molecule has 2 heteroatoms. The van der Waals surface area contributed by atoms with Gasteiger partial charge in [-0.1, -0.05) is 55.5 Å². The first-order valence-corrected chi connectivity index (χ1v) is 7.36. The Bertz CT molecular complexity index is 594. The van der Waals surface area contributed by atoms with Gasteiger partial charge in [0.15, 0.2) is 5.78 Å². The second kappa shape index (κ2) is 7.53. The van der Waals surface area contributed by atoms with Crippen LogP contribution < -0.4 is 0 Å². The van der Waals surface area contributed by atoms with Gasteiger partial charge in [-0.15, -0.1) is 0 Å². The standard InChI is InChI=1S/C19H20O2/c1-2-19(21)18-11-9-17(10-12-18)14-16-7-5-15(6-8-16)4-3-13-20/h5-13H,2-4,14H2,1H3. The molecule has 0 amide bonds. The van der Waals surface area contributed by atoms with Gasteiger partial charge in [0, 0.05) is 18.4 Å². The topological polar surface area (TPSA) is 34.1 Å². The molecule has 21 heavy (non-hydrogen) atoms. The third-order valence-electron chi connectivity index (χ3n) is 3.58. The summed E-state index contributed by atoms with van der Waals surface area (Å²) in [6.07, 6.45) is 3.73. The molecule has 0 aliphatic rings. The van der Waals surface area contributed by atoms with Crippen molar-refractivity contribution in [3.8, 4) is 0 Å². The maximum Gasteiger partial charge on any atom is 0.162 e. The summed E-state index contributed by atoms with van der Waals surface area (Å²) in [5.41, 5.74) is 4.41. The summed E-state index contributed by atoms with van der Waals surface area (Å²) >= 11 is 0. The van der Waals surface area contributed by atoms with Crippen molar-refractivity contribution < 1.29 is 9.59 Å². The molecule has 2 aromatic rings. The van der Waals surface area contributed by atoms with Crippen molar-refractivity contribution in [2.45, 2.75) is 32.6 Å². The van der Waals surface area contributed by atoms with Gasteiger partial charge in [-0.25, -0.2) is 0 Å². The minimum absolute atomic E-state index is 0.182. The Labute approximate surface area is 125 Å². The predicted octanol–water partition coefficient (Wildman–Crippen LogP) is 4.00. The van der Waals surface area contributed by atoms with Gasteiger partial charge in [0.25, 0.3) is 0 Å². The molecule has 0 bridgehead atoms. The quantitative estimate of drug-likeness (QED) is 0.567. The maximum atomic E-state index is 11.6. The van der Waals surface area contributed by atoms with Crippen LogP contribution in [0.2, 0.25) is 0 Å². The summed E-state index contributed by atoms with van der Waals surface area (Å²) in [5, 5.41) is 0. The Morgan fingerprint density at radius 1 is 0.905 bits per heavy atom. The molecular formula is C19H20O2. The SMILES string of the molecule is CCC(=O)c1ccc(Cc2ccc(CCC=O)cc2)cc1. The summed E-state index contributed by atoms with van der Waals surface area (Å²) in [6, 6.07) is 16.2. The molecule has 0 aliphatic heterocycles. The van der Waals surface area contributed by atoms with Gasteiger partial charge < -0.3 is 4.79 Å². The lowest BCUT2D eigenvalue weighted by Gasteiger charge is -2.05. The summed E-state index contributed by atoms with van der Waals surface area (Å²) in [5.74, 6) is 0.182. The number of carbonyl (C=O) groups excluding carboxylic acids is 2. The van der Waals surface area contributed by atoms with Crippen LogP contribution in [0, 0.1) is 0 Å².